The molecule has 24 heavy (non-hydrogen) atoms. The predicted molar refractivity (Wildman–Crippen MR) is 96.9 cm³/mol. The lowest BCUT2D eigenvalue weighted by Gasteiger charge is -2.13. The molecule has 0 saturated heterocycles. The molecule has 4 heteroatoms. The Balaban J connectivity index is 1.56. The van der Waals surface area contributed by atoms with Gasteiger partial charge in [0.15, 0.2) is 0 Å². The van der Waals surface area contributed by atoms with Gasteiger partial charge in [0, 0.05) is 19.0 Å². The second-order valence-electron chi connectivity index (χ2n) is 5.94. The van der Waals surface area contributed by atoms with Gasteiger partial charge in [-0.3, -0.25) is 4.79 Å². The quantitative estimate of drug-likeness (QED) is 0.695. The van der Waals surface area contributed by atoms with E-state index < -0.39 is 0 Å². The van der Waals surface area contributed by atoms with Crippen LogP contribution in [-0.4, -0.2) is 19.1 Å². The standard InChI is InChI=1S/C20H26N2O2/c1-16-8-7-11-18(14-16)24-13-6-5-12-20(23)22-15-19(21)17-9-3-2-4-10-17/h2-4,7-11,14,19H,5-6,12-13,15,21H2,1H3,(H,22,23). The summed E-state index contributed by atoms with van der Waals surface area (Å²) in [6.45, 7) is 3.13. The first-order valence-corrected chi connectivity index (χ1v) is 8.42. The average molecular weight is 326 g/mol. The minimum absolute atomic E-state index is 0.0388. The molecule has 2 rings (SSSR count). The van der Waals surface area contributed by atoms with E-state index in [9.17, 15) is 4.79 Å². The van der Waals surface area contributed by atoms with Crippen LogP contribution in [0.25, 0.3) is 0 Å². The van der Waals surface area contributed by atoms with E-state index in [1.165, 1.54) is 5.56 Å². The highest BCUT2D eigenvalue weighted by atomic mass is 16.5. The molecule has 0 heterocycles. The van der Waals surface area contributed by atoms with E-state index in [-0.39, 0.29) is 11.9 Å². The molecule has 3 N–H and O–H groups in total. The van der Waals surface area contributed by atoms with Crippen LogP contribution in [0.3, 0.4) is 0 Å². The Morgan fingerprint density at radius 2 is 1.92 bits per heavy atom. The lowest BCUT2D eigenvalue weighted by molar-refractivity contribution is -0.121. The summed E-state index contributed by atoms with van der Waals surface area (Å²) < 4.78 is 5.67. The third kappa shape index (κ3) is 6.42. The molecule has 1 atom stereocenters. The topological polar surface area (TPSA) is 64.3 Å². The molecule has 1 unspecified atom stereocenters. The molecule has 0 aromatic heterocycles. The Morgan fingerprint density at radius 3 is 2.67 bits per heavy atom. The molecular weight excluding hydrogens is 300 g/mol. The van der Waals surface area contributed by atoms with Crippen molar-refractivity contribution in [2.45, 2.75) is 32.2 Å². The number of nitrogens with two attached hydrogens (primary N) is 1. The van der Waals surface area contributed by atoms with Gasteiger partial charge in [0.2, 0.25) is 5.91 Å². The highest BCUT2D eigenvalue weighted by molar-refractivity contribution is 5.75. The summed E-state index contributed by atoms with van der Waals surface area (Å²) in [7, 11) is 0. The summed E-state index contributed by atoms with van der Waals surface area (Å²) >= 11 is 0. The molecular formula is C20H26N2O2. The van der Waals surface area contributed by atoms with Gasteiger partial charge < -0.3 is 15.8 Å². The zero-order chi connectivity index (χ0) is 17.2. The number of rotatable bonds is 9. The molecule has 0 radical (unpaired) electrons. The normalized spacial score (nSPS) is 11.8. The van der Waals surface area contributed by atoms with Gasteiger partial charge in [-0.05, 0) is 43.0 Å². The van der Waals surface area contributed by atoms with E-state index in [1.54, 1.807) is 0 Å². The van der Waals surface area contributed by atoms with Crippen molar-refractivity contribution < 1.29 is 9.53 Å². The molecule has 0 spiro atoms. The van der Waals surface area contributed by atoms with Crippen LogP contribution in [0.2, 0.25) is 0 Å². The maximum absolute atomic E-state index is 11.8. The molecule has 4 nitrogen and oxygen atoms in total. The van der Waals surface area contributed by atoms with Crippen LogP contribution < -0.4 is 15.8 Å². The van der Waals surface area contributed by atoms with Crippen molar-refractivity contribution in [3.8, 4) is 5.75 Å². The summed E-state index contributed by atoms with van der Waals surface area (Å²) in [5.41, 5.74) is 8.28. The molecule has 0 aliphatic heterocycles. The van der Waals surface area contributed by atoms with Gasteiger partial charge in [-0.2, -0.15) is 0 Å². The zero-order valence-electron chi connectivity index (χ0n) is 14.2. The third-order valence-corrected chi connectivity index (χ3v) is 3.80. The highest BCUT2D eigenvalue weighted by Gasteiger charge is 2.07. The van der Waals surface area contributed by atoms with Gasteiger partial charge in [0.25, 0.3) is 0 Å². The van der Waals surface area contributed by atoms with Crippen molar-refractivity contribution in [2.75, 3.05) is 13.2 Å². The van der Waals surface area contributed by atoms with Crippen molar-refractivity contribution in [1.82, 2.24) is 5.32 Å². The Morgan fingerprint density at radius 1 is 1.12 bits per heavy atom. The molecule has 0 bridgehead atoms. The lowest BCUT2D eigenvalue weighted by atomic mass is 10.1. The first kappa shape index (κ1) is 18.0. The fourth-order valence-electron chi connectivity index (χ4n) is 2.41. The fourth-order valence-corrected chi connectivity index (χ4v) is 2.41. The van der Waals surface area contributed by atoms with Gasteiger partial charge in [0.05, 0.1) is 6.61 Å². The Bertz CT molecular complexity index is 629. The number of hydrogen-bond acceptors (Lipinski definition) is 3. The molecule has 1 amide bonds. The number of unbranched alkanes of at least 4 members (excludes halogenated alkanes) is 1. The van der Waals surface area contributed by atoms with Crippen molar-refractivity contribution in [1.29, 1.82) is 0 Å². The number of benzene rings is 2. The minimum atomic E-state index is -0.167. The zero-order valence-corrected chi connectivity index (χ0v) is 14.2. The number of hydrogen-bond donors (Lipinski definition) is 2. The minimum Gasteiger partial charge on any atom is -0.494 e. The molecule has 2 aromatic carbocycles. The fraction of sp³-hybridized carbons (Fsp3) is 0.350. The van der Waals surface area contributed by atoms with Crippen molar-refractivity contribution in [3.05, 3.63) is 65.7 Å². The molecule has 0 fully saturated rings. The van der Waals surface area contributed by atoms with Crippen LogP contribution in [-0.2, 0) is 4.79 Å². The molecule has 2 aromatic rings. The molecule has 0 saturated carbocycles. The highest BCUT2D eigenvalue weighted by Crippen LogP contribution is 2.13. The maximum atomic E-state index is 11.8. The number of carbonyl (C=O) groups excluding carboxylic acids is 1. The second kappa shape index (κ2) is 9.73. The molecule has 0 aliphatic rings. The van der Waals surface area contributed by atoms with Gasteiger partial charge >= 0.3 is 0 Å². The van der Waals surface area contributed by atoms with E-state index in [0.29, 0.717) is 19.6 Å². The van der Waals surface area contributed by atoms with E-state index in [4.69, 9.17) is 10.5 Å². The largest absolute Gasteiger partial charge is 0.494 e. The van der Waals surface area contributed by atoms with Crippen LogP contribution in [0.1, 0.15) is 36.4 Å². The number of amides is 1. The van der Waals surface area contributed by atoms with Crippen LogP contribution in [0.4, 0.5) is 0 Å². The maximum Gasteiger partial charge on any atom is 0.220 e. The predicted octanol–water partition coefficient (Wildman–Crippen LogP) is 3.36. The SMILES string of the molecule is Cc1cccc(OCCCCC(=O)NCC(N)c2ccccc2)c1. The summed E-state index contributed by atoms with van der Waals surface area (Å²) in [6.07, 6.45) is 2.16. The van der Waals surface area contributed by atoms with Crippen molar-refractivity contribution >= 4 is 5.91 Å². The van der Waals surface area contributed by atoms with E-state index in [2.05, 4.69) is 5.32 Å². The summed E-state index contributed by atoms with van der Waals surface area (Å²) in [6, 6.07) is 17.6. The van der Waals surface area contributed by atoms with Gasteiger partial charge in [-0.1, -0.05) is 42.5 Å². The Kier molecular flexibility index (Phi) is 7.30. The number of ether oxygens (including phenoxy) is 1. The summed E-state index contributed by atoms with van der Waals surface area (Å²) in [5, 5.41) is 2.89. The van der Waals surface area contributed by atoms with Crippen molar-refractivity contribution in [2.24, 2.45) is 5.73 Å². The van der Waals surface area contributed by atoms with Crippen LogP contribution >= 0.6 is 0 Å². The van der Waals surface area contributed by atoms with Crippen LogP contribution in [0.5, 0.6) is 5.75 Å². The Labute approximate surface area is 144 Å². The second-order valence-corrected chi connectivity index (χ2v) is 5.94. The van der Waals surface area contributed by atoms with E-state index >= 15 is 0 Å². The van der Waals surface area contributed by atoms with Gasteiger partial charge in [0.1, 0.15) is 5.75 Å². The van der Waals surface area contributed by atoms with Gasteiger partial charge in [-0.25, -0.2) is 0 Å². The molecule has 0 aliphatic carbocycles. The van der Waals surface area contributed by atoms with Crippen LogP contribution in [0.15, 0.2) is 54.6 Å². The van der Waals surface area contributed by atoms with Crippen LogP contribution in [0, 0.1) is 6.92 Å². The van der Waals surface area contributed by atoms with Gasteiger partial charge in [-0.15, -0.1) is 0 Å². The van der Waals surface area contributed by atoms with E-state index in [1.807, 2.05) is 61.5 Å². The Hall–Kier alpha value is -2.33. The summed E-state index contributed by atoms with van der Waals surface area (Å²) in [4.78, 5) is 11.8. The van der Waals surface area contributed by atoms with Crippen molar-refractivity contribution in [3.63, 3.8) is 0 Å². The first-order chi connectivity index (χ1) is 11.6. The van der Waals surface area contributed by atoms with E-state index in [0.717, 1.165) is 24.2 Å². The number of aryl methyl sites for hydroxylation is 1. The first-order valence-electron chi connectivity index (χ1n) is 8.42. The smallest absolute Gasteiger partial charge is 0.220 e. The number of carbonyl (C=O) groups is 1. The number of nitrogens with one attached hydrogen (secondary N) is 1. The molecule has 128 valence electrons. The average Bonchev–Trinajstić information content (AvgIpc) is 2.60. The lowest BCUT2D eigenvalue weighted by Crippen LogP contribution is -2.31. The monoisotopic (exact) mass is 326 g/mol. The summed E-state index contributed by atoms with van der Waals surface area (Å²) in [5.74, 6) is 0.922. The third-order valence-electron chi connectivity index (χ3n) is 3.80.